The molecule has 3 aromatic rings. The molecule has 0 atom stereocenters. The molecule has 0 amide bonds. The van der Waals surface area contributed by atoms with E-state index in [-0.39, 0.29) is 11.2 Å². The molecule has 0 saturated heterocycles. The van der Waals surface area contributed by atoms with Crippen molar-refractivity contribution in [3.63, 3.8) is 0 Å². The highest BCUT2D eigenvalue weighted by Gasteiger charge is 2.21. The maximum atomic E-state index is 14.1. The van der Waals surface area contributed by atoms with Gasteiger partial charge >= 0.3 is 0 Å². The topological polar surface area (TPSA) is 18.5 Å². The SMILES string of the molecule is Cc1ccc(C(C)(C)COCc2ccc(F)c(Oc3ccccc3)c2)cc1Br. The summed E-state index contributed by atoms with van der Waals surface area (Å²) >= 11 is 3.60. The molecule has 0 spiro atoms. The Balaban J connectivity index is 1.64. The predicted molar refractivity (Wildman–Crippen MR) is 114 cm³/mol. The van der Waals surface area contributed by atoms with E-state index in [1.165, 1.54) is 17.2 Å². The summed E-state index contributed by atoms with van der Waals surface area (Å²) in [6.07, 6.45) is 0. The normalized spacial score (nSPS) is 11.5. The Kier molecular flexibility index (Phi) is 6.53. The third kappa shape index (κ3) is 5.21. The molecule has 28 heavy (non-hydrogen) atoms. The van der Waals surface area contributed by atoms with Gasteiger partial charge in [-0.15, -0.1) is 0 Å². The summed E-state index contributed by atoms with van der Waals surface area (Å²) in [5.74, 6) is 0.414. The van der Waals surface area contributed by atoms with Gasteiger partial charge in [-0.05, 0) is 53.9 Å². The van der Waals surface area contributed by atoms with E-state index in [0.717, 1.165) is 10.0 Å². The smallest absolute Gasteiger partial charge is 0.165 e. The van der Waals surface area contributed by atoms with Crippen LogP contribution in [0.3, 0.4) is 0 Å². The average molecular weight is 443 g/mol. The summed E-state index contributed by atoms with van der Waals surface area (Å²) in [6, 6.07) is 20.4. The van der Waals surface area contributed by atoms with Gasteiger partial charge in [-0.25, -0.2) is 4.39 Å². The van der Waals surface area contributed by atoms with Crippen molar-refractivity contribution in [2.24, 2.45) is 0 Å². The first kappa shape index (κ1) is 20.6. The Bertz CT molecular complexity index is 939. The number of halogens is 2. The molecule has 2 nitrogen and oxygen atoms in total. The number of hydrogen-bond donors (Lipinski definition) is 0. The minimum Gasteiger partial charge on any atom is -0.454 e. The number of rotatable bonds is 7. The zero-order valence-corrected chi connectivity index (χ0v) is 17.9. The van der Waals surface area contributed by atoms with Gasteiger partial charge in [-0.3, -0.25) is 0 Å². The Labute approximate surface area is 174 Å². The van der Waals surface area contributed by atoms with Crippen LogP contribution in [0.4, 0.5) is 4.39 Å². The molecule has 0 radical (unpaired) electrons. The van der Waals surface area contributed by atoms with Gasteiger partial charge in [0.05, 0.1) is 13.2 Å². The van der Waals surface area contributed by atoms with E-state index in [2.05, 4.69) is 54.9 Å². The Morgan fingerprint density at radius 1 is 0.964 bits per heavy atom. The second kappa shape index (κ2) is 8.89. The Morgan fingerprint density at radius 3 is 2.43 bits per heavy atom. The fourth-order valence-electron chi connectivity index (χ4n) is 2.85. The van der Waals surface area contributed by atoms with Crippen molar-refractivity contribution >= 4 is 15.9 Å². The average Bonchev–Trinajstić information content (AvgIpc) is 2.67. The zero-order valence-electron chi connectivity index (χ0n) is 16.3. The minimum atomic E-state index is -0.391. The van der Waals surface area contributed by atoms with Crippen LogP contribution in [-0.4, -0.2) is 6.61 Å². The maximum Gasteiger partial charge on any atom is 0.165 e. The van der Waals surface area contributed by atoms with E-state index < -0.39 is 5.82 Å². The summed E-state index contributed by atoms with van der Waals surface area (Å²) in [4.78, 5) is 0. The van der Waals surface area contributed by atoms with Crippen molar-refractivity contribution in [1.82, 2.24) is 0 Å². The van der Waals surface area contributed by atoms with Crippen LogP contribution in [-0.2, 0) is 16.8 Å². The van der Waals surface area contributed by atoms with Gasteiger partial charge in [-0.1, -0.05) is 66.2 Å². The van der Waals surface area contributed by atoms with Crippen molar-refractivity contribution < 1.29 is 13.9 Å². The predicted octanol–water partition coefficient (Wildman–Crippen LogP) is 7.18. The standard InChI is InChI=1S/C24H24BrFO2/c1-17-9-11-19(14-21(17)25)24(2,3)16-27-15-18-10-12-22(26)23(13-18)28-20-7-5-4-6-8-20/h4-14H,15-16H2,1-3H3. The van der Waals surface area contributed by atoms with E-state index >= 15 is 0 Å². The summed E-state index contributed by atoms with van der Waals surface area (Å²) < 4.78 is 26.8. The molecule has 0 aliphatic carbocycles. The second-order valence-electron chi connectivity index (χ2n) is 7.52. The lowest BCUT2D eigenvalue weighted by Gasteiger charge is -2.26. The van der Waals surface area contributed by atoms with Crippen LogP contribution >= 0.6 is 15.9 Å². The highest BCUT2D eigenvalue weighted by Crippen LogP contribution is 2.29. The van der Waals surface area contributed by atoms with Gasteiger partial charge in [0.15, 0.2) is 11.6 Å². The van der Waals surface area contributed by atoms with E-state index in [1.54, 1.807) is 24.3 Å². The molecule has 0 bridgehead atoms. The van der Waals surface area contributed by atoms with Crippen LogP contribution in [0.2, 0.25) is 0 Å². The van der Waals surface area contributed by atoms with E-state index in [1.807, 2.05) is 18.2 Å². The first-order valence-electron chi connectivity index (χ1n) is 9.21. The molecule has 0 saturated carbocycles. The molecule has 146 valence electrons. The molecule has 0 aromatic heterocycles. The van der Waals surface area contributed by atoms with Crippen molar-refractivity contribution in [3.8, 4) is 11.5 Å². The Hall–Kier alpha value is -2.17. The summed E-state index contributed by atoms with van der Waals surface area (Å²) in [5, 5.41) is 0. The zero-order chi connectivity index (χ0) is 20.1. The molecule has 4 heteroatoms. The van der Waals surface area contributed by atoms with Gasteiger partial charge in [0.2, 0.25) is 0 Å². The van der Waals surface area contributed by atoms with Crippen molar-refractivity contribution in [3.05, 3.63) is 93.7 Å². The summed E-state index contributed by atoms with van der Waals surface area (Å²) in [7, 11) is 0. The number of ether oxygens (including phenoxy) is 2. The number of para-hydroxylation sites is 1. The molecule has 0 heterocycles. The third-order valence-corrected chi connectivity index (χ3v) is 5.51. The van der Waals surface area contributed by atoms with Gasteiger partial charge in [0.25, 0.3) is 0 Å². The molecule has 0 N–H and O–H groups in total. The molecule has 0 fully saturated rings. The molecule has 0 aliphatic heterocycles. The monoisotopic (exact) mass is 442 g/mol. The van der Waals surface area contributed by atoms with Crippen LogP contribution in [0.5, 0.6) is 11.5 Å². The number of hydrogen-bond acceptors (Lipinski definition) is 2. The van der Waals surface area contributed by atoms with E-state index in [4.69, 9.17) is 9.47 Å². The fourth-order valence-corrected chi connectivity index (χ4v) is 3.23. The fraction of sp³-hybridized carbons (Fsp3) is 0.250. The van der Waals surface area contributed by atoms with Crippen LogP contribution in [0.15, 0.2) is 71.2 Å². The van der Waals surface area contributed by atoms with Crippen molar-refractivity contribution in [1.29, 1.82) is 0 Å². The third-order valence-electron chi connectivity index (χ3n) is 4.65. The second-order valence-corrected chi connectivity index (χ2v) is 8.37. The van der Waals surface area contributed by atoms with Gasteiger partial charge < -0.3 is 9.47 Å². The quantitative estimate of drug-likeness (QED) is 0.385. The highest BCUT2D eigenvalue weighted by molar-refractivity contribution is 9.10. The highest BCUT2D eigenvalue weighted by atomic mass is 79.9. The largest absolute Gasteiger partial charge is 0.454 e. The number of aryl methyl sites for hydroxylation is 1. The molecule has 3 rings (SSSR count). The number of benzene rings is 3. The summed E-state index contributed by atoms with van der Waals surface area (Å²) in [5.41, 5.74) is 3.14. The van der Waals surface area contributed by atoms with Gasteiger partial charge in [0, 0.05) is 9.89 Å². The molecule has 0 aliphatic rings. The van der Waals surface area contributed by atoms with Crippen LogP contribution < -0.4 is 4.74 Å². The van der Waals surface area contributed by atoms with Crippen molar-refractivity contribution in [2.75, 3.05) is 6.61 Å². The lowest BCUT2D eigenvalue weighted by atomic mass is 9.85. The van der Waals surface area contributed by atoms with Crippen LogP contribution in [0.1, 0.15) is 30.5 Å². The van der Waals surface area contributed by atoms with E-state index in [9.17, 15) is 4.39 Å². The lowest BCUT2D eigenvalue weighted by molar-refractivity contribution is 0.0823. The first-order chi connectivity index (χ1) is 13.3. The van der Waals surface area contributed by atoms with Gasteiger partial charge in [0.1, 0.15) is 5.75 Å². The molecular weight excluding hydrogens is 419 g/mol. The van der Waals surface area contributed by atoms with Crippen LogP contribution in [0.25, 0.3) is 0 Å². The molecule has 3 aromatic carbocycles. The lowest BCUT2D eigenvalue weighted by Crippen LogP contribution is -2.24. The minimum absolute atomic E-state index is 0.139. The summed E-state index contributed by atoms with van der Waals surface area (Å²) in [6.45, 7) is 7.31. The van der Waals surface area contributed by atoms with Crippen LogP contribution in [0, 0.1) is 12.7 Å². The Morgan fingerprint density at radius 2 is 1.71 bits per heavy atom. The molecule has 0 unspecified atom stereocenters. The van der Waals surface area contributed by atoms with Gasteiger partial charge in [-0.2, -0.15) is 0 Å². The first-order valence-corrected chi connectivity index (χ1v) is 10.0. The molecular formula is C24H24BrFO2. The maximum absolute atomic E-state index is 14.1. The van der Waals surface area contributed by atoms with Crippen molar-refractivity contribution in [2.45, 2.75) is 32.8 Å². The van der Waals surface area contributed by atoms with E-state index in [0.29, 0.717) is 19.0 Å².